The molecule has 0 aliphatic carbocycles. The van der Waals surface area contributed by atoms with Crippen LogP contribution in [0.15, 0.2) is 33.2 Å². The highest BCUT2D eigenvalue weighted by Gasteiger charge is 2.20. The van der Waals surface area contributed by atoms with Crippen molar-refractivity contribution in [2.75, 3.05) is 6.54 Å². The number of thiophene rings is 1. The third-order valence-corrected chi connectivity index (χ3v) is 5.73. The van der Waals surface area contributed by atoms with E-state index in [9.17, 15) is 4.39 Å². The van der Waals surface area contributed by atoms with Crippen LogP contribution in [0, 0.1) is 12.7 Å². The minimum Gasteiger partial charge on any atom is -0.306 e. The van der Waals surface area contributed by atoms with Crippen LogP contribution in [-0.4, -0.2) is 6.54 Å². The number of benzene rings is 1. The van der Waals surface area contributed by atoms with Gasteiger partial charge in [-0.15, -0.1) is 11.3 Å². The molecule has 1 unspecified atom stereocenters. The van der Waals surface area contributed by atoms with Crippen molar-refractivity contribution in [1.82, 2.24) is 5.32 Å². The summed E-state index contributed by atoms with van der Waals surface area (Å²) in [6.45, 7) is 5.03. The molecule has 0 radical (unpaired) electrons. The van der Waals surface area contributed by atoms with Crippen LogP contribution in [0.25, 0.3) is 0 Å². The Morgan fingerprint density at radius 3 is 2.60 bits per heavy atom. The highest BCUT2D eigenvalue weighted by atomic mass is 79.9. The maximum Gasteiger partial charge on any atom is 0.129 e. The largest absolute Gasteiger partial charge is 0.306 e. The Bertz CT molecular complexity index is 578. The Labute approximate surface area is 139 Å². The van der Waals surface area contributed by atoms with Crippen molar-refractivity contribution < 1.29 is 4.39 Å². The molecule has 0 aliphatic rings. The van der Waals surface area contributed by atoms with Crippen LogP contribution < -0.4 is 5.32 Å². The topological polar surface area (TPSA) is 12.0 Å². The van der Waals surface area contributed by atoms with E-state index < -0.39 is 0 Å². The molecule has 1 aromatic heterocycles. The van der Waals surface area contributed by atoms with Gasteiger partial charge in [-0.25, -0.2) is 4.39 Å². The fourth-order valence-electron chi connectivity index (χ4n) is 2.01. The molecule has 1 nitrogen and oxygen atoms in total. The molecule has 108 valence electrons. The molecule has 0 spiro atoms. The zero-order valence-corrected chi connectivity index (χ0v) is 15.3. The molecular weight excluding hydrogens is 405 g/mol. The van der Waals surface area contributed by atoms with Crippen LogP contribution in [-0.2, 0) is 0 Å². The van der Waals surface area contributed by atoms with E-state index in [1.54, 1.807) is 11.3 Å². The van der Waals surface area contributed by atoms with Gasteiger partial charge in [-0.3, -0.25) is 0 Å². The van der Waals surface area contributed by atoms with Gasteiger partial charge in [0.2, 0.25) is 0 Å². The van der Waals surface area contributed by atoms with Crippen LogP contribution in [0.5, 0.6) is 0 Å². The van der Waals surface area contributed by atoms with E-state index in [4.69, 9.17) is 0 Å². The number of aryl methyl sites for hydroxylation is 1. The monoisotopic (exact) mass is 419 g/mol. The van der Waals surface area contributed by atoms with Gasteiger partial charge in [-0.2, -0.15) is 0 Å². The van der Waals surface area contributed by atoms with Crippen molar-refractivity contribution in [1.29, 1.82) is 0 Å². The molecule has 5 heteroatoms. The van der Waals surface area contributed by atoms with Crippen molar-refractivity contribution in [2.45, 2.75) is 26.3 Å². The third-order valence-electron chi connectivity index (χ3n) is 3.03. The standard InChI is InChI=1S/C15H16Br2FNS/c1-3-6-19-15(14-8-12(17)9(2)20-14)11-5-4-10(16)7-13(11)18/h4-5,7-8,15,19H,3,6H2,1-2H3. The summed E-state index contributed by atoms with van der Waals surface area (Å²) < 4.78 is 16.1. The lowest BCUT2D eigenvalue weighted by atomic mass is 10.0. The molecular formula is C15H16Br2FNS. The number of hydrogen-bond acceptors (Lipinski definition) is 2. The van der Waals surface area contributed by atoms with Gasteiger partial charge in [0.15, 0.2) is 0 Å². The molecule has 0 aliphatic heterocycles. The van der Waals surface area contributed by atoms with Gasteiger partial charge in [0.25, 0.3) is 0 Å². The minimum absolute atomic E-state index is 0.0990. The van der Waals surface area contributed by atoms with Gasteiger partial charge >= 0.3 is 0 Å². The number of rotatable bonds is 5. The SMILES string of the molecule is CCCNC(c1cc(Br)c(C)s1)c1ccc(Br)cc1F. The summed E-state index contributed by atoms with van der Waals surface area (Å²) in [7, 11) is 0. The normalized spacial score (nSPS) is 12.7. The summed E-state index contributed by atoms with van der Waals surface area (Å²) in [5, 5.41) is 3.44. The summed E-state index contributed by atoms with van der Waals surface area (Å²) in [4.78, 5) is 2.34. The van der Waals surface area contributed by atoms with Gasteiger partial charge in [0.05, 0.1) is 6.04 Å². The maximum absolute atomic E-state index is 14.2. The number of hydrogen-bond donors (Lipinski definition) is 1. The van der Waals surface area contributed by atoms with Gasteiger partial charge in [0.1, 0.15) is 5.82 Å². The quantitative estimate of drug-likeness (QED) is 0.643. The van der Waals surface area contributed by atoms with Gasteiger partial charge in [-0.05, 0) is 54.0 Å². The molecule has 20 heavy (non-hydrogen) atoms. The number of nitrogens with one attached hydrogen (secondary N) is 1. The van der Waals surface area contributed by atoms with Crippen LogP contribution in [0.1, 0.15) is 34.7 Å². The summed E-state index contributed by atoms with van der Waals surface area (Å²) in [5.74, 6) is -0.185. The van der Waals surface area contributed by atoms with Crippen LogP contribution >= 0.6 is 43.2 Å². The van der Waals surface area contributed by atoms with Crippen molar-refractivity contribution >= 4 is 43.2 Å². The zero-order valence-electron chi connectivity index (χ0n) is 11.3. The molecule has 1 heterocycles. The van der Waals surface area contributed by atoms with Gasteiger partial charge < -0.3 is 5.32 Å². The first kappa shape index (κ1) is 16.1. The molecule has 1 N–H and O–H groups in total. The van der Waals surface area contributed by atoms with E-state index in [0.717, 1.165) is 26.8 Å². The van der Waals surface area contributed by atoms with E-state index in [2.05, 4.69) is 57.1 Å². The Balaban J connectivity index is 2.41. The van der Waals surface area contributed by atoms with E-state index >= 15 is 0 Å². The minimum atomic E-state index is -0.185. The van der Waals surface area contributed by atoms with E-state index in [0.29, 0.717) is 5.56 Å². The molecule has 1 aromatic carbocycles. The smallest absolute Gasteiger partial charge is 0.129 e. The lowest BCUT2D eigenvalue weighted by molar-refractivity contribution is 0.550. The highest BCUT2D eigenvalue weighted by Crippen LogP contribution is 2.35. The lowest BCUT2D eigenvalue weighted by Crippen LogP contribution is -2.23. The molecule has 0 fully saturated rings. The Kier molecular flexibility index (Phi) is 5.78. The highest BCUT2D eigenvalue weighted by molar-refractivity contribution is 9.10. The average molecular weight is 421 g/mol. The molecule has 2 rings (SSSR count). The van der Waals surface area contributed by atoms with Crippen LogP contribution in [0.2, 0.25) is 0 Å². The molecule has 0 saturated carbocycles. The van der Waals surface area contributed by atoms with Gasteiger partial charge in [0, 0.05) is 24.3 Å². The lowest BCUT2D eigenvalue weighted by Gasteiger charge is -2.18. The first-order valence-electron chi connectivity index (χ1n) is 6.47. The summed E-state index contributed by atoms with van der Waals surface area (Å²) in [6, 6.07) is 7.22. The second kappa shape index (κ2) is 7.16. The Hall–Kier alpha value is -0.230. The first-order chi connectivity index (χ1) is 9.52. The van der Waals surface area contributed by atoms with Crippen LogP contribution in [0.3, 0.4) is 0 Å². The predicted octanol–water partition coefficient (Wildman–Crippen LogP) is 5.81. The van der Waals surface area contributed by atoms with E-state index in [1.165, 1.54) is 10.9 Å². The second-order valence-corrected chi connectivity index (χ2v) is 7.66. The van der Waals surface area contributed by atoms with Crippen molar-refractivity contribution in [3.8, 4) is 0 Å². The summed E-state index contributed by atoms with van der Waals surface area (Å²) in [6.07, 6.45) is 1.01. The third kappa shape index (κ3) is 3.70. The Morgan fingerprint density at radius 2 is 2.05 bits per heavy atom. The average Bonchev–Trinajstić information content (AvgIpc) is 2.72. The predicted molar refractivity (Wildman–Crippen MR) is 91.0 cm³/mol. The molecule has 0 saturated heterocycles. The molecule has 0 amide bonds. The first-order valence-corrected chi connectivity index (χ1v) is 8.87. The van der Waals surface area contributed by atoms with Gasteiger partial charge in [-0.1, -0.05) is 28.9 Å². The zero-order chi connectivity index (χ0) is 14.7. The molecule has 0 bridgehead atoms. The van der Waals surface area contributed by atoms with E-state index in [1.807, 2.05) is 12.1 Å². The summed E-state index contributed by atoms with van der Waals surface area (Å²) in [5.41, 5.74) is 0.690. The maximum atomic E-state index is 14.2. The molecule has 1 atom stereocenters. The summed E-state index contributed by atoms with van der Waals surface area (Å²) >= 11 is 8.53. The fourth-order valence-corrected chi connectivity index (χ4v) is 4.00. The van der Waals surface area contributed by atoms with Crippen molar-refractivity contribution in [2.24, 2.45) is 0 Å². The second-order valence-electron chi connectivity index (χ2n) is 4.61. The van der Waals surface area contributed by atoms with Crippen molar-refractivity contribution in [3.05, 3.63) is 54.3 Å². The Morgan fingerprint density at radius 1 is 1.30 bits per heavy atom. The fraction of sp³-hybridized carbons (Fsp3) is 0.333. The van der Waals surface area contributed by atoms with Crippen molar-refractivity contribution in [3.63, 3.8) is 0 Å². The van der Waals surface area contributed by atoms with E-state index in [-0.39, 0.29) is 11.9 Å². The van der Waals surface area contributed by atoms with Crippen LogP contribution in [0.4, 0.5) is 4.39 Å². The molecule has 2 aromatic rings. The number of halogens is 3.